The van der Waals surface area contributed by atoms with E-state index in [1.165, 1.54) is 12.5 Å². The normalized spacial score (nSPS) is 26.4. The van der Waals surface area contributed by atoms with E-state index in [2.05, 4.69) is 37.6 Å². The van der Waals surface area contributed by atoms with Gasteiger partial charge in [-0.25, -0.2) is 4.98 Å². The minimum absolute atomic E-state index is 0.0129. The molecule has 5 atom stereocenters. The van der Waals surface area contributed by atoms with Crippen molar-refractivity contribution in [1.82, 2.24) is 30.4 Å². The second-order valence-corrected chi connectivity index (χ2v) is 10.8. The van der Waals surface area contributed by atoms with Crippen LogP contribution in [0.15, 0.2) is 42.9 Å². The highest BCUT2D eigenvalue weighted by Crippen LogP contribution is 2.37. The van der Waals surface area contributed by atoms with Gasteiger partial charge in [-0.05, 0) is 24.3 Å². The first kappa shape index (κ1) is 26.4. The Balaban J connectivity index is 1.18. The summed E-state index contributed by atoms with van der Waals surface area (Å²) in [5.74, 6) is 0.157. The molecule has 204 valence electrons. The molecule has 3 heterocycles. The summed E-state index contributed by atoms with van der Waals surface area (Å²) in [5.41, 5.74) is 2.03. The van der Waals surface area contributed by atoms with Crippen LogP contribution >= 0.6 is 0 Å². The fourth-order valence-corrected chi connectivity index (χ4v) is 6.23. The Kier molecular flexibility index (Phi) is 8.38. The Morgan fingerprint density at radius 3 is 2.76 bits per heavy atom. The van der Waals surface area contributed by atoms with Gasteiger partial charge in [0.1, 0.15) is 12.1 Å². The molecule has 0 spiro atoms. The topological polar surface area (TPSA) is 120 Å². The second kappa shape index (κ2) is 12.1. The minimum atomic E-state index is -0.646. The van der Waals surface area contributed by atoms with Crippen molar-refractivity contribution in [3.8, 4) is 0 Å². The van der Waals surface area contributed by atoms with Gasteiger partial charge in [0.2, 0.25) is 11.8 Å². The maximum atomic E-state index is 13.5. The van der Waals surface area contributed by atoms with Crippen LogP contribution < -0.4 is 10.6 Å². The van der Waals surface area contributed by atoms with Crippen molar-refractivity contribution in [2.24, 2.45) is 11.8 Å². The number of morpholine rings is 1. The fourth-order valence-electron chi connectivity index (χ4n) is 6.23. The molecule has 1 saturated carbocycles. The maximum absolute atomic E-state index is 13.5. The molecule has 3 amide bonds. The Hall–Kier alpha value is -3.24. The van der Waals surface area contributed by atoms with Gasteiger partial charge in [-0.2, -0.15) is 0 Å². The highest BCUT2D eigenvalue weighted by Gasteiger charge is 2.44. The molecule has 1 unspecified atom stereocenters. The van der Waals surface area contributed by atoms with Gasteiger partial charge < -0.3 is 25.3 Å². The number of hydrogen-bond acceptors (Lipinski definition) is 6. The van der Waals surface area contributed by atoms with Gasteiger partial charge >= 0.3 is 0 Å². The third-order valence-corrected chi connectivity index (χ3v) is 8.08. The molecule has 1 aliphatic carbocycles. The number of fused-ring (bicyclic) bond motifs is 1. The molecule has 10 nitrogen and oxygen atoms in total. The van der Waals surface area contributed by atoms with Crippen molar-refractivity contribution in [1.29, 1.82) is 0 Å². The molecule has 0 radical (unpaired) electrons. The minimum Gasteiger partial charge on any atom is -0.366 e. The Morgan fingerprint density at radius 1 is 1.16 bits per heavy atom. The van der Waals surface area contributed by atoms with Gasteiger partial charge in [0.05, 0.1) is 12.9 Å². The first-order valence-electron chi connectivity index (χ1n) is 13.7. The lowest BCUT2D eigenvalue weighted by Crippen LogP contribution is -2.54. The summed E-state index contributed by atoms with van der Waals surface area (Å²) >= 11 is 0. The third-order valence-electron chi connectivity index (χ3n) is 8.08. The summed E-state index contributed by atoms with van der Waals surface area (Å²) < 4.78 is 5.87. The van der Waals surface area contributed by atoms with E-state index >= 15 is 0 Å². The van der Waals surface area contributed by atoms with Crippen LogP contribution in [0.25, 0.3) is 0 Å². The summed E-state index contributed by atoms with van der Waals surface area (Å²) in [6, 6.07) is 9.64. The van der Waals surface area contributed by atoms with Crippen LogP contribution in [0.2, 0.25) is 0 Å². The van der Waals surface area contributed by atoms with Gasteiger partial charge in [0, 0.05) is 69.9 Å². The largest absolute Gasteiger partial charge is 0.366 e. The van der Waals surface area contributed by atoms with Gasteiger partial charge in [-0.1, -0.05) is 36.8 Å². The predicted molar refractivity (Wildman–Crippen MR) is 141 cm³/mol. The van der Waals surface area contributed by atoms with E-state index in [-0.39, 0.29) is 29.7 Å². The summed E-state index contributed by atoms with van der Waals surface area (Å²) in [5, 5.41) is 6.11. The predicted octanol–water partition coefficient (Wildman–Crippen LogP) is 1.10. The number of likely N-dealkylation sites (tertiary alicyclic amines) is 1. The van der Waals surface area contributed by atoms with Crippen LogP contribution in [-0.4, -0.2) is 88.5 Å². The van der Waals surface area contributed by atoms with Crippen molar-refractivity contribution in [2.75, 3.05) is 32.8 Å². The number of nitrogens with one attached hydrogen (secondary N) is 3. The average Bonchev–Trinajstić information content (AvgIpc) is 3.59. The number of nitrogens with zero attached hydrogens (tertiary/aromatic N) is 3. The fraction of sp³-hybridized carbons (Fsp3) is 0.571. The number of benzene rings is 1. The molecule has 3 N–H and O–H groups in total. The third kappa shape index (κ3) is 6.42. The summed E-state index contributed by atoms with van der Waals surface area (Å²) in [7, 11) is 0. The van der Waals surface area contributed by atoms with E-state index in [1.54, 1.807) is 12.5 Å². The number of amides is 3. The number of imidazole rings is 1. The zero-order valence-corrected chi connectivity index (χ0v) is 22.0. The number of ether oxygens (including phenoxy) is 1. The molecular weight excluding hydrogens is 484 g/mol. The lowest BCUT2D eigenvalue weighted by atomic mass is 9.78. The van der Waals surface area contributed by atoms with Gasteiger partial charge in [-0.15, -0.1) is 0 Å². The van der Waals surface area contributed by atoms with Crippen LogP contribution in [0.4, 0.5) is 0 Å². The SMILES string of the molecule is CC(=O)N[C@H](Cc1cnc[nH]1)C(=O)N1C[C@H]2CCC[C@@H](NC(=O)C3CN(Cc4ccccc4)CCO3)[C@H]2C1. The molecule has 3 aliphatic rings. The number of hydrogen-bond donors (Lipinski definition) is 3. The monoisotopic (exact) mass is 522 g/mol. The Labute approximate surface area is 223 Å². The molecule has 0 bridgehead atoms. The van der Waals surface area contributed by atoms with Crippen molar-refractivity contribution in [2.45, 2.75) is 57.3 Å². The van der Waals surface area contributed by atoms with E-state index in [1.807, 2.05) is 23.1 Å². The Bertz CT molecular complexity index is 1090. The summed E-state index contributed by atoms with van der Waals surface area (Å²) in [6.45, 7) is 5.36. The van der Waals surface area contributed by atoms with E-state index in [0.717, 1.165) is 38.0 Å². The maximum Gasteiger partial charge on any atom is 0.250 e. The highest BCUT2D eigenvalue weighted by molar-refractivity contribution is 5.87. The standard InChI is InChI=1S/C28H38N6O4/c1-19(35)31-25(12-22-13-29-18-30-22)28(37)34-15-21-8-5-9-24(23(21)16-34)32-27(36)26-17-33(10-11-38-26)14-20-6-3-2-4-7-20/h2-4,6-7,13,18,21,23-26H,5,8-12,14-17H2,1H3,(H,29,30)(H,31,35)(H,32,36)/t21-,23+,24-,25-,26?/m1/s1. The first-order chi connectivity index (χ1) is 18.5. The van der Waals surface area contributed by atoms with E-state index in [4.69, 9.17) is 4.74 Å². The van der Waals surface area contributed by atoms with Crippen molar-refractivity contribution in [3.05, 3.63) is 54.1 Å². The lowest BCUT2D eigenvalue weighted by molar-refractivity contribution is -0.140. The van der Waals surface area contributed by atoms with E-state index < -0.39 is 12.1 Å². The van der Waals surface area contributed by atoms with Gasteiger partial charge in [0.25, 0.3) is 5.91 Å². The summed E-state index contributed by atoms with van der Waals surface area (Å²) in [4.78, 5) is 49.8. The summed E-state index contributed by atoms with van der Waals surface area (Å²) in [6.07, 6.45) is 6.07. The highest BCUT2D eigenvalue weighted by atomic mass is 16.5. The van der Waals surface area contributed by atoms with Crippen LogP contribution in [0, 0.1) is 11.8 Å². The zero-order valence-electron chi connectivity index (χ0n) is 22.0. The molecule has 5 rings (SSSR count). The number of aromatic nitrogens is 2. The molecule has 2 saturated heterocycles. The second-order valence-electron chi connectivity index (χ2n) is 10.8. The first-order valence-corrected chi connectivity index (χ1v) is 13.7. The zero-order chi connectivity index (χ0) is 26.5. The van der Waals surface area contributed by atoms with Crippen LogP contribution in [0.1, 0.15) is 37.4 Å². The number of carbonyl (C=O) groups is 3. The molecule has 1 aromatic heterocycles. The van der Waals surface area contributed by atoms with Crippen molar-refractivity contribution in [3.63, 3.8) is 0 Å². The molecular formula is C28H38N6O4. The van der Waals surface area contributed by atoms with Gasteiger partial charge in [-0.3, -0.25) is 19.3 Å². The molecule has 38 heavy (non-hydrogen) atoms. The Morgan fingerprint density at radius 2 is 2.00 bits per heavy atom. The molecule has 1 aromatic carbocycles. The number of carbonyl (C=O) groups excluding carboxylic acids is 3. The number of rotatable bonds is 8. The van der Waals surface area contributed by atoms with E-state index in [9.17, 15) is 14.4 Å². The van der Waals surface area contributed by atoms with Gasteiger partial charge in [0.15, 0.2) is 0 Å². The smallest absolute Gasteiger partial charge is 0.250 e. The van der Waals surface area contributed by atoms with Crippen LogP contribution in [0.3, 0.4) is 0 Å². The average molecular weight is 523 g/mol. The quantitative estimate of drug-likeness (QED) is 0.478. The molecule has 2 aliphatic heterocycles. The van der Waals surface area contributed by atoms with Crippen molar-refractivity contribution >= 4 is 17.7 Å². The lowest BCUT2D eigenvalue weighted by Gasteiger charge is -2.36. The number of H-pyrrole nitrogens is 1. The number of aromatic amines is 1. The molecule has 3 fully saturated rings. The van der Waals surface area contributed by atoms with Crippen molar-refractivity contribution < 1.29 is 19.1 Å². The molecule has 10 heteroatoms. The van der Waals surface area contributed by atoms with Crippen LogP contribution in [0.5, 0.6) is 0 Å². The molecule has 2 aromatic rings. The van der Waals surface area contributed by atoms with Crippen LogP contribution in [-0.2, 0) is 32.1 Å². The van der Waals surface area contributed by atoms with E-state index in [0.29, 0.717) is 38.6 Å².